The quantitative estimate of drug-likeness (QED) is 0.760. The molecule has 108 valence electrons. The van der Waals surface area contributed by atoms with Crippen molar-refractivity contribution in [2.75, 3.05) is 6.54 Å². The molecule has 1 saturated heterocycles. The Labute approximate surface area is 116 Å². The highest BCUT2D eigenvalue weighted by atomic mass is 16.4. The molecule has 1 aliphatic heterocycles. The minimum absolute atomic E-state index is 0.131. The van der Waals surface area contributed by atoms with E-state index in [-0.39, 0.29) is 23.1 Å². The molecule has 1 aromatic carbocycles. The van der Waals surface area contributed by atoms with Gasteiger partial charge < -0.3 is 20.2 Å². The van der Waals surface area contributed by atoms with E-state index in [9.17, 15) is 19.8 Å². The fourth-order valence-corrected chi connectivity index (χ4v) is 2.59. The number of nitrogens with zero attached hydrogens (tertiary/aromatic N) is 1. The molecular weight excluding hydrogens is 262 g/mol. The molecule has 1 fully saturated rings. The third kappa shape index (κ3) is 2.54. The number of hydrogen-bond acceptors (Lipinski definition) is 4. The molecule has 2 atom stereocenters. The van der Waals surface area contributed by atoms with E-state index < -0.39 is 17.8 Å². The molecule has 0 aromatic heterocycles. The maximum Gasteiger partial charge on any atom is 0.306 e. The van der Waals surface area contributed by atoms with Crippen LogP contribution in [0.4, 0.5) is 0 Å². The third-order valence-corrected chi connectivity index (χ3v) is 3.72. The molecule has 2 unspecified atom stereocenters. The van der Waals surface area contributed by atoms with Crippen LogP contribution in [0.3, 0.4) is 0 Å². The second-order valence-corrected chi connectivity index (χ2v) is 5.08. The van der Waals surface area contributed by atoms with Gasteiger partial charge in [0.25, 0.3) is 5.91 Å². The lowest BCUT2D eigenvalue weighted by Gasteiger charge is -2.36. The summed E-state index contributed by atoms with van der Waals surface area (Å²) < 4.78 is 0. The van der Waals surface area contributed by atoms with Crippen molar-refractivity contribution in [1.29, 1.82) is 0 Å². The van der Waals surface area contributed by atoms with Crippen LogP contribution in [0.2, 0.25) is 0 Å². The second-order valence-electron chi connectivity index (χ2n) is 5.08. The van der Waals surface area contributed by atoms with E-state index in [1.165, 1.54) is 23.1 Å². The topological polar surface area (TPSA) is 98.1 Å². The SMILES string of the molecule is CC1CC(C(=O)O)CCN1C(=O)c1c(O)cccc1O. The fourth-order valence-electron chi connectivity index (χ4n) is 2.59. The number of piperidine rings is 1. The molecule has 1 aromatic rings. The number of carbonyl (C=O) groups is 2. The van der Waals surface area contributed by atoms with Crippen LogP contribution in [0, 0.1) is 5.92 Å². The van der Waals surface area contributed by atoms with Crippen LogP contribution >= 0.6 is 0 Å². The molecular formula is C14H17NO5. The number of phenolic OH excluding ortho intramolecular Hbond substituents is 2. The first-order valence-corrected chi connectivity index (χ1v) is 6.46. The first-order valence-electron chi connectivity index (χ1n) is 6.46. The van der Waals surface area contributed by atoms with Gasteiger partial charge in [0.05, 0.1) is 5.92 Å². The second kappa shape index (κ2) is 5.40. The van der Waals surface area contributed by atoms with Gasteiger partial charge in [0.15, 0.2) is 0 Å². The van der Waals surface area contributed by atoms with Gasteiger partial charge in [0.2, 0.25) is 0 Å². The van der Waals surface area contributed by atoms with Crippen LogP contribution in [0.5, 0.6) is 11.5 Å². The maximum atomic E-state index is 12.4. The van der Waals surface area contributed by atoms with Crippen molar-refractivity contribution >= 4 is 11.9 Å². The Kier molecular flexibility index (Phi) is 3.83. The van der Waals surface area contributed by atoms with Crippen molar-refractivity contribution < 1.29 is 24.9 Å². The number of benzene rings is 1. The van der Waals surface area contributed by atoms with Crippen LogP contribution in [-0.2, 0) is 4.79 Å². The molecule has 1 aliphatic rings. The fraction of sp³-hybridized carbons (Fsp3) is 0.429. The summed E-state index contributed by atoms with van der Waals surface area (Å²) in [5.41, 5.74) is -0.131. The van der Waals surface area contributed by atoms with Gasteiger partial charge in [-0.05, 0) is 31.9 Å². The Morgan fingerprint density at radius 1 is 1.25 bits per heavy atom. The van der Waals surface area contributed by atoms with Gasteiger partial charge in [0.1, 0.15) is 17.1 Å². The first-order chi connectivity index (χ1) is 9.41. The van der Waals surface area contributed by atoms with Gasteiger partial charge >= 0.3 is 5.97 Å². The van der Waals surface area contributed by atoms with E-state index in [4.69, 9.17) is 5.11 Å². The standard InChI is InChI=1S/C14H17NO5/c1-8-7-9(14(19)20)5-6-15(8)13(18)12-10(16)3-2-4-11(12)17/h2-4,8-9,16-17H,5-7H2,1H3,(H,19,20). The first kappa shape index (κ1) is 14.2. The number of carboxylic acid groups (broad SMARTS) is 1. The predicted octanol–water partition coefficient (Wildman–Crippen LogP) is 1.42. The van der Waals surface area contributed by atoms with Crippen LogP contribution in [0.1, 0.15) is 30.1 Å². The van der Waals surface area contributed by atoms with Crippen molar-refractivity contribution in [3.63, 3.8) is 0 Å². The zero-order valence-corrected chi connectivity index (χ0v) is 11.1. The van der Waals surface area contributed by atoms with Crippen molar-refractivity contribution in [2.24, 2.45) is 5.92 Å². The Morgan fingerprint density at radius 2 is 1.85 bits per heavy atom. The number of carbonyl (C=O) groups excluding carboxylic acids is 1. The summed E-state index contributed by atoms with van der Waals surface area (Å²) in [5, 5.41) is 28.4. The Hall–Kier alpha value is -2.24. The monoisotopic (exact) mass is 279 g/mol. The lowest BCUT2D eigenvalue weighted by molar-refractivity contribution is -0.143. The summed E-state index contributed by atoms with van der Waals surface area (Å²) in [6.45, 7) is 2.06. The molecule has 0 bridgehead atoms. The minimum Gasteiger partial charge on any atom is -0.507 e. The summed E-state index contributed by atoms with van der Waals surface area (Å²) in [7, 11) is 0. The summed E-state index contributed by atoms with van der Waals surface area (Å²) in [5.74, 6) is -2.33. The van der Waals surface area contributed by atoms with E-state index in [0.717, 1.165) is 0 Å². The molecule has 0 spiro atoms. The summed E-state index contributed by atoms with van der Waals surface area (Å²) >= 11 is 0. The van der Waals surface area contributed by atoms with E-state index in [1.54, 1.807) is 6.92 Å². The molecule has 20 heavy (non-hydrogen) atoms. The molecule has 1 amide bonds. The average molecular weight is 279 g/mol. The smallest absolute Gasteiger partial charge is 0.306 e. The van der Waals surface area contributed by atoms with Crippen LogP contribution in [0.25, 0.3) is 0 Å². The molecule has 6 nitrogen and oxygen atoms in total. The minimum atomic E-state index is -0.852. The molecule has 0 aliphatic carbocycles. The van der Waals surface area contributed by atoms with E-state index >= 15 is 0 Å². The summed E-state index contributed by atoms with van der Waals surface area (Å²) in [6, 6.07) is 3.86. The number of likely N-dealkylation sites (tertiary alicyclic amines) is 1. The van der Waals surface area contributed by atoms with Gasteiger partial charge in [0, 0.05) is 12.6 Å². The van der Waals surface area contributed by atoms with E-state index in [0.29, 0.717) is 19.4 Å². The lowest BCUT2D eigenvalue weighted by Crippen LogP contribution is -2.46. The maximum absolute atomic E-state index is 12.4. The average Bonchev–Trinajstić information content (AvgIpc) is 2.38. The zero-order chi connectivity index (χ0) is 14.9. The predicted molar refractivity (Wildman–Crippen MR) is 70.6 cm³/mol. The zero-order valence-electron chi connectivity index (χ0n) is 11.1. The van der Waals surface area contributed by atoms with Crippen molar-refractivity contribution in [3.8, 4) is 11.5 Å². The number of carboxylic acids is 1. The summed E-state index contributed by atoms with van der Waals surface area (Å²) in [6.07, 6.45) is 0.745. The molecule has 2 rings (SSSR count). The Balaban J connectivity index is 2.20. The number of amides is 1. The number of hydrogen-bond donors (Lipinski definition) is 3. The lowest BCUT2D eigenvalue weighted by atomic mass is 9.91. The van der Waals surface area contributed by atoms with Crippen molar-refractivity contribution in [1.82, 2.24) is 4.90 Å². The normalized spacial score (nSPS) is 22.6. The van der Waals surface area contributed by atoms with Crippen molar-refractivity contribution in [2.45, 2.75) is 25.8 Å². The molecule has 3 N–H and O–H groups in total. The molecule has 0 saturated carbocycles. The highest BCUT2D eigenvalue weighted by molar-refractivity contribution is 5.99. The molecule has 0 radical (unpaired) electrons. The Bertz CT molecular complexity index is 522. The van der Waals surface area contributed by atoms with Crippen LogP contribution in [0.15, 0.2) is 18.2 Å². The largest absolute Gasteiger partial charge is 0.507 e. The summed E-state index contributed by atoms with van der Waals surface area (Å²) in [4.78, 5) is 24.9. The van der Waals surface area contributed by atoms with E-state index in [2.05, 4.69) is 0 Å². The molecule has 6 heteroatoms. The van der Waals surface area contributed by atoms with Crippen LogP contribution in [-0.4, -0.2) is 44.7 Å². The van der Waals surface area contributed by atoms with Gasteiger partial charge in [-0.3, -0.25) is 9.59 Å². The van der Waals surface area contributed by atoms with Crippen molar-refractivity contribution in [3.05, 3.63) is 23.8 Å². The third-order valence-electron chi connectivity index (χ3n) is 3.72. The van der Waals surface area contributed by atoms with Crippen LogP contribution < -0.4 is 0 Å². The number of rotatable bonds is 2. The highest BCUT2D eigenvalue weighted by Gasteiger charge is 2.34. The highest BCUT2D eigenvalue weighted by Crippen LogP contribution is 2.31. The number of aliphatic carboxylic acids is 1. The van der Waals surface area contributed by atoms with Gasteiger partial charge in [-0.2, -0.15) is 0 Å². The number of aromatic hydroxyl groups is 2. The number of phenols is 2. The van der Waals surface area contributed by atoms with E-state index in [1.807, 2.05) is 0 Å². The van der Waals surface area contributed by atoms with Gasteiger partial charge in [-0.25, -0.2) is 0 Å². The van der Waals surface area contributed by atoms with Gasteiger partial charge in [-0.15, -0.1) is 0 Å². The van der Waals surface area contributed by atoms with Gasteiger partial charge in [-0.1, -0.05) is 6.07 Å². The Morgan fingerprint density at radius 3 is 2.35 bits per heavy atom. The molecule has 1 heterocycles.